The first-order chi connectivity index (χ1) is 7.42. The number of rotatable bonds is 2. The summed E-state index contributed by atoms with van der Waals surface area (Å²) in [6.07, 6.45) is 7.80. The predicted molar refractivity (Wildman–Crippen MR) is 58.3 cm³/mol. The first-order valence-electron chi connectivity index (χ1n) is 5.78. The average molecular weight is 206 g/mol. The van der Waals surface area contributed by atoms with Crippen molar-refractivity contribution in [1.82, 2.24) is 4.90 Å². The second-order valence-corrected chi connectivity index (χ2v) is 4.27. The second-order valence-electron chi connectivity index (χ2n) is 4.27. The molecule has 1 aliphatic carbocycles. The summed E-state index contributed by atoms with van der Waals surface area (Å²) in [6, 6.07) is 2.57. The Kier molecular flexibility index (Phi) is 3.76. The molecule has 0 unspecified atom stereocenters. The summed E-state index contributed by atoms with van der Waals surface area (Å²) >= 11 is 0. The van der Waals surface area contributed by atoms with Crippen LogP contribution >= 0.6 is 0 Å². The third-order valence-corrected chi connectivity index (χ3v) is 3.33. The molecule has 0 aromatic carbocycles. The van der Waals surface area contributed by atoms with Crippen LogP contribution in [0, 0.1) is 17.2 Å². The standard InChI is InChI=1S/C12H18N2O/c13-10-12(11-4-2-1-3-5-11)14-6-8-15-9-7-14/h1-2,11-12H,3-9H2/t11-,12-/m0/s1. The van der Waals surface area contributed by atoms with Gasteiger partial charge in [-0.15, -0.1) is 0 Å². The highest BCUT2D eigenvalue weighted by molar-refractivity contribution is 5.02. The average Bonchev–Trinajstić information content (AvgIpc) is 2.33. The van der Waals surface area contributed by atoms with Gasteiger partial charge in [-0.2, -0.15) is 5.26 Å². The van der Waals surface area contributed by atoms with E-state index in [1.165, 1.54) is 0 Å². The van der Waals surface area contributed by atoms with Crippen LogP contribution < -0.4 is 0 Å². The number of nitrogens with zero attached hydrogens (tertiary/aromatic N) is 2. The van der Waals surface area contributed by atoms with E-state index >= 15 is 0 Å². The van der Waals surface area contributed by atoms with E-state index in [2.05, 4.69) is 23.1 Å². The highest BCUT2D eigenvalue weighted by Gasteiger charge is 2.28. The van der Waals surface area contributed by atoms with Crippen LogP contribution in [0.4, 0.5) is 0 Å². The van der Waals surface area contributed by atoms with Crippen molar-refractivity contribution in [3.63, 3.8) is 0 Å². The second kappa shape index (κ2) is 5.29. The molecule has 0 spiro atoms. The van der Waals surface area contributed by atoms with Gasteiger partial charge in [-0.3, -0.25) is 4.90 Å². The van der Waals surface area contributed by atoms with Crippen molar-refractivity contribution < 1.29 is 4.74 Å². The molecule has 3 heteroatoms. The van der Waals surface area contributed by atoms with Gasteiger partial charge in [0.15, 0.2) is 0 Å². The molecule has 0 saturated carbocycles. The van der Waals surface area contributed by atoms with Gasteiger partial charge in [-0.1, -0.05) is 12.2 Å². The highest BCUT2D eigenvalue weighted by atomic mass is 16.5. The molecule has 1 fully saturated rings. The van der Waals surface area contributed by atoms with Crippen molar-refractivity contribution in [3.8, 4) is 6.07 Å². The summed E-state index contributed by atoms with van der Waals surface area (Å²) in [7, 11) is 0. The number of nitriles is 1. The molecule has 1 aliphatic heterocycles. The Morgan fingerprint density at radius 2 is 2.13 bits per heavy atom. The zero-order valence-corrected chi connectivity index (χ0v) is 9.06. The first-order valence-corrected chi connectivity index (χ1v) is 5.78. The minimum Gasteiger partial charge on any atom is -0.379 e. The maximum absolute atomic E-state index is 9.27. The van der Waals surface area contributed by atoms with E-state index in [-0.39, 0.29) is 6.04 Å². The fourth-order valence-corrected chi connectivity index (χ4v) is 2.44. The van der Waals surface area contributed by atoms with Crippen LogP contribution in [-0.2, 0) is 4.74 Å². The number of allylic oxidation sites excluding steroid dienone is 2. The molecule has 3 nitrogen and oxygen atoms in total. The van der Waals surface area contributed by atoms with Crippen LogP contribution in [0.3, 0.4) is 0 Å². The van der Waals surface area contributed by atoms with Crippen molar-refractivity contribution in [1.29, 1.82) is 5.26 Å². The van der Waals surface area contributed by atoms with Gasteiger partial charge in [0.25, 0.3) is 0 Å². The van der Waals surface area contributed by atoms with Crippen molar-refractivity contribution in [2.24, 2.45) is 5.92 Å². The lowest BCUT2D eigenvalue weighted by Crippen LogP contribution is -2.46. The Balaban J connectivity index is 1.96. The zero-order valence-electron chi connectivity index (χ0n) is 9.06. The topological polar surface area (TPSA) is 36.3 Å². The van der Waals surface area contributed by atoms with Crippen molar-refractivity contribution in [2.75, 3.05) is 26.3 Å². The molecule has 0 bridgehead atoms. The number of morpholine rings is 1. The van der Waals surface area contributed by atoms with Gasteiger partial charge in [0.2, 0.25) is 0 Å². The number of ether oxygens (including phenoxy) is 1. The molecule has 0 radical (unpaired) electrons. The van der Waals surface area contributed by atoms with Gasteiger partial charge < -0.3 is 4.74 Å². The fraction of sp³-hybridized carbons (Fsp3) is 0.750. The molecular formula is C12H18N2O. The smallest absolute Gasteiger partial charge is 0.101 e. The third-order valence-electron chi connectivity index (χ3n) is 3.33. The monoisotopic (exact) mass is 206 g/mol. The van der Waals surface area contributed by atoms with Crippen LogP contribution in [0.25, 0.3) is 0 Å². The molecule has 1 saturated heterocycles. The Bertz CT molecular complexity index is 263. The van der Waals surface area contributed by atoms with Gasteiger partial charge in [-0.25, -0.2) is 0 Å². The SMILES string of the molecule is N#C[C@@H]([C@H]1CC=CCC1)N1CCOCC1. The summed E-state index contributed by atoms with van der Waals surface area (Å²) in [5, 5.41) is 9.27. The molecular weight excluding hydrogens is 188 g/mol. The molecule has 82 valence electrons. The van der Waals surface area contributed by atoms with E-state index in [9.17, 15) is 5.26 Å². The molecule has 0 N–H and O–H groups in total. The summed E-state index contributed by atoms with van der Waals surface area (Å²) in [5.74, 6) is 0.526. The van der Waals surface area contributed by atoms with E-state index < -0.39 is 0 Å². The van der Waals surface area contributed by atoms with Crippen molar-refractivity contribution in [2.45, 2.75) is 25.3 Å². The Hall–Kier alpha value is -0.850. The molecule has 0 amide bonds. The lowest BCUT2D eigenvalue weighted by atomic mass is 9.87. The maximum atomic E-state index is 9.27. The minimum absolute atomic E-state index is 0.0962. The first kappa shape index (κ1) is 10.7. The van der Waals surface area contributed by atoms with E-state index in [4.69, 9.17) is 4.74 Å². The van der Waals surface area contributed by atoms with Gasteiger partial charge in [0.05, 0.1) is 19.3 Å². The largest absolute Gasteiger partial charge is 0.379 e. The molecule has 2 aliphatic rings. The summed E-state index contributed by atoms with van der Waals surface area (Å²) in [5.41, 5.74) is 0. The van der Waals surface area contributed by atoms with E-state index in [0.717, 1.165) is 45.6 Å². The number of hydrogen-bond donors (Lipinski definition) is 0. The minimum atomic E-state index is 0.0962. The van der Waals surface area contributed by atoms with E-state index in [1.54, 1.807) is 0 Å². The summed E-state index contributed by atoms with van der Waals surface area (Å²) in [6.45, 7) is 3.39. The normalized spacial score (nSPS) is 29.7. The molecule has 1 heterocycles. The van der Waals surface area contributed by atoms with Crippen LogP contribution in [0.15, 0.2) is 12.2 Å². The third kappa shape index (κ3) is 2.58. The van der Waals surface area contributed by atoms with Gasteiger partial charge in [-0.05, 0) is 25.2 Å². The van der Waals surface area contributed by atoms with Crippen LogP contribution in [-0.4, -0.2) is 37.2 Å². The lowest BCUT2D eigenvalue weighted by Gasteiger charge is -2.35. The molecule has 2 atom stereocenters. The Morgan fingerprint density at radius 3 is 2.73 bits per heavy atom. The summed E-state index contributed by atoms with van der Waals surface area (Å²) in [4.78, 5) is 2.29. The lowest BCUT2D eigenvalue weighted by molar-refractivity contribution is 0.0150. The number of hydrogen-bond acceptors (Lipinski definition) is 3. The van der Waals surface area contributed by atoms with Gasteiger partial charge in [0.1, 0.15) is 6.04 Å². The zero-order chi connectivity index (χ0) is 10.5. The fourth-order valence-electron chi connectivity index (χ4n) is 2.44. The molecule has 0 aromatic heterocycles. The highest BCUT2D eigenvalue weighted by Crippen LogP contribution is 2.25. The quantitative estimate of drug-likeness (QED) is 0.643. The van der Waals surface area contributed by atoms with Crippen LogP contribution in [0.5, 0.6) is 0 Å². The Labute approximate surface area is 91.3 Å². The maximum Gasteiger partial charge on any atom is 0.101 e. The van der Waals surface area contributed by atoms with Crippen molar-refractivity contribution in [3.05, 3.63) is 12.2 Å². The van der Waals surface area contributed by atoms with Crippen molar-refractivity contribution >= 4 is 0 Å². The Morgan fingerprint density at radius 1 is 1.33 bits per heavy atom. The van der Waals surface area contributed by atoms with E-state index in [0.29, 0.717) is 5.92 Å². The van der Waals surface area contributed by atoms with Crippen LogP contribution in [0.1, 0.15) is 19.3 Å². The predicted octanol–water partition coefficient (Wildman–Crippen LogP) is 1.57. The van der Waals surface area contributed by atoms with Crippen LogP contribution in [0.2, 0.25) is 0 Å². The molecule has 15 heavy (non-hydrogen) atoms. The van der Waals surface area contributed by atoms with E-state index in [1.807, 2.05) is 0 Å². The van der Waals surface area contributed by atoms with Gasteiger partial charge >= 0.3 is 0 Å². The molecule has 0 aromatic rings. The van der Waals surface area contributed by atoms with Gasteiger partial charge in [0, 0.05) is 13.1 Å². The molecule has 2 rings (SSSR count). The summed E-state index contributed by atoms with van der Waals surface area (Å²) < 4.78 is 5.32.